The van der Waals surface area contributed by atoms with Crippen LogP contribution in [0.4, 0.5) is 0 Å². The van der Waals surface area contributed by atoms with Crippen molar-refractivity contribution >= 4 is 28.1 Å². The van der Waals surface area contributed by atoms with Crippen molar-refractivity contribution in [2.24, 2.45) is 0 Å². The van der Waals surface area contributed by atoms with E-state index in [-0.39, 0.29) is 11.2 Å². The molecule has 1 aliphatic rings. The van der Waals surface area contributed by atoms with Gasteiger partial charge in [-0.1, -0.05) is 35.9 Å². The average Bonchev–Trinajstić information content (AvgIpc) is 2.71. The van der Waals surface area contributed by atoms with Gasteiger partial charge in [-0.3, -0.25) is 14.3 Å². The number of hydrogen-bond acceptors (Lipinski definition) is 3. The molecular formula is C23H24ClN3O2. The number of halogens is 1. The Kier molecular flexibility index (Phi) is 5.69. The van der Waals surface area contributed by atoms with E-state index in [4.69, 9.17) is 11.6 Å². The van der Waals surface area contributed by atoms with E-state index in [9.17, 15) is 9.59 Å². The molecule has 6 heteroatoms. The fourth-order valence-electron chi connectivity index (χ4n) is 3.86. The lowest BCUT2D eigenvalue weighted by Gasteiger charge is -2.26. The van der Waals surface area contributed by atoms with E-state index < -0.39 is 0 Å². The van der Waals surface area contributed by atoms with Gasteiger partial charge in [0.1, 0.15) is 0 Å². The van der Waals surface area contributed by atoms with E-state index in [0.29, 0.717) is 17.4 Å². The highest BCUT2D eigenvalue weighted by Crippen LogP contribution is 2.23. The fraction of sp³-hybridized carbons (Fsp3) is 0.304. The van der Waals surface area contributed by atoms with Crippen molar-refractivity contribution in [2.45, 2.75) is 26.3 Å². The molecule has 1 N–H and O–H groups in total. The number of hydrogen-bond donors (Lipinski definition) is 1. The molecule has 3 aromatic rings. The summed E-state index contributed by atoms with van der Waals surface area (Å²) < 4.78 is 1.32. The zero-order valence-corrected chi connectivity index (χ0v) is 17.2. The zero-order valence-electron chi connectivity index (χ0n) is 16.5. The van der Waals surface area contributed by atoms with E-state index in [0.717, 1.165) is 43.1 Å². The highest BCUT2D eigenvalue weighted by atomic mass is 35.5. The summed E-state index contributed by atoms with van der Waals surface area (Å²) in [6.07, 6.45) is 3.99. The molecule has 1 aromatic heterocycles. The molecule has 0 aliphatic carbocycles. The molecule has 5 nitrogen and oxygen atoms in total. The van der Waals surface area contributed by atoms with Crippen LogP contribution in [0.15, 0.2) is 58.1 Å². The average molecular weight is 410 g/mol. The molecular weight excluding hydrogens is 386 g/mol. The predicted octanol–water partition coefficient (Wildman–Crippen LogP) is 3.83. The first-order valence-electron chi connectivity index (χ1n) is 9.92. The molecule has 2 heterocycles. The molecule has 150 valence electrons. The summed E-state index contributed by atoms with van der Waals surface area (Å²) >= 11 is 5.97. The van der Waals surface area contributed by atoms with Crippen LogP contribution < -0.4 is 11.2 Å². The van der Waals surface area contributed by atoms with E-state index in [1.807, 2.05) is 31.2 Å². The van der Waals surface area contributed by atoms with Crippen LogP contribution in [0.2, 0.25) is 5.02 Å². The Labute approximate surface area is 174 Å². The number of nitrogens with one attached hydrogen (secondary N) is 1. The minimum atomic E-state index is -0.336. The zero-order chi connectivity index (χ0) is 20.4. The second-order valence-electron chi connectivity index (χ2n) is 7.58. The van der Waals surface area contributed by atoms with Crippen LogP contribution in [0.3, 0.4) is 0 Å². The fourth-order valence-corrected chi connectivity index (χ4v) is 3.99. The molecule has 1 aliphatic heterocycles. The van der Waals surface area contributed by atoms with Crippen LogP contribution in [0.5, 0.6) is 0 Å². The number of nitrogens with zero attached hydrogens (tertiary/aromatic N) is 2. The van der Waals surface area contributed by atoms with Crippen molar-refractivity contribution in [1.29, 1.82) is 0 Å². The monoisotopic (exact) mass is 409 g/mol. The third-order valence-corrected chi connectivity index (χ3v) is 5.75. The van der Waals surface area contributed by atoms with E-state index in [2.05, 4.69) is 28.1 Å². The number of rotatable bonds is 5. The number of benzene rings is 2. The van der Waals surface area contributed by atoms with Gasteiger partial charge in [-0.05, 0) is 60.7 Å². The molecule has 4 rings (SSSR count). The summed E-state index contributed by atoms with van der Waals surface area (Å²) in [4.78, 5) is 30.2. The maximum absolute atomic E-state index is 12.7. The summed E-state index contributed by atoms with van der Waals surface area (Å²) in [6, 6.07) is 13.5. The normalized spacial score (nSPS) is 14.9. The summed E-state index contributed by atoms with van der Waals surface area (Å²) in [5, 5.41) is 1.31. The Morgan fingerprint density at radius 3 is 2.59 bits per heavy atom. The number of aromatic amines is 1. The third-order valence-electron chi connectivity index (χ3n) is 5.50. The lowest BCUT2D eigenvalue weighted by Crippen LogP contribution is -2.37. The maximum atomic E-state index is 12.7. The van der Waals surface area contributed by atoms with Crippen molar-refractivity contribution in [1.82, 2.24) is 14.5 Å². The molecule has 0 saturated carbocycles. The summed E-state index contributed by atoms with van der Waals surface area (Å²) in [6.45, 7) is 5.05. The molecule has 0 amide bonds. The summed E-state index contributed by atoms with van der Waals surface area (Å²) in [5.41, 5.74) is 3.63. The molecule has 29 heavy (non-hydrogen) atoms. The van der Waals surface area contributed by atoms with Gasteiger partial charge in [0.05, 0.1) is 10.9 Å². The van der Waals surface area contributed by atoms with Gasteiger partial charge in [-0.25, -0.2) is 4.79 Å². The van der Waals surface area contributed by atoms with Crippen molar-refractivity contribution in [3.63, 3.8) is 0 Å². The molecule has 0 spiro atoms. The van der Waals surface area contributed by atoms with E-state index in [1.165, 1.54) is 15.7 Å². The van der Waals surface area contributed by atoms with Crippen molar-refractivity contribution in [3.8, 4) is 0 Å². The van der Waals surface area contributed by atoms with Gasteiger partial charge >= 0.3 is 5.69 Å². The first kappa shape index (κ1) is 19.7. The van der Waals surface area contributed by atoms with E-state index >= 15 is 0 Å². The van der Waals surface area contributed by atoms with E-state index in [1.54, 1.807) is 6.07 Å². The van der Waals surface area contributed by atoms with Gasteiger partial charge < -0.3 is 4.98 Å². The number of aryl methyl sites for hydroxylation is 1. The largest absolute Gasteiger partial charge is 0.328 e. The molecule has 0 radical (unpaired) electrons. The van der Waals surface area contributed by atoms with Crippen LogP contribution in [0.1, 0.15) is 24.0 Å². The van der Waals surface area contributed by atoms with Crippen LogP contribution in [-0.4, -0.2) is 34.1 Å². The smallest absolute Gasteiger partial charge is 0.307 e. The Balaban J connectivity index is 1.39. The Bertz CT molecular complexity index is 1180. The van der Waals surface area contributed by atoms with Gasteiger partial charge in [-0.2, -0.15) is 0 Å². The second-order valence-corrected chi connectivity index (χ2v) is 8.01. The Morgan fingerprint density at radius 1 is 1.07 bits per heavy atom. The van der Waals surface area contributed by atoms with Crippen LogP contribution in [0, 0.1) is 6.92 Å². The van der Waals surface area contributed by atoms with Crippen molar-refractivity contribution in [2.75, 3.05) is 19.6 Å². The summed E-state index contributed by atoms with van der Waals surface area (Å²) in [7, 11) is 0. The second kappa shape index (κ2) is 8.39. The Morgan fingerprint density at radius 2 is 1.86 bits per heavy atom. The first-order valence-corrected chi connectivity index (χ1v) is 10.3. The predicted molar refractivity (Wildman–Crippen MR) is 119 cm³/mol. The van der Waals surface area contributed by atoms with Crippen LogP contribution >= 0.6 is 11.6 Å². The minimum Gasteiger partial charge on any atom is -0.307 e. The summed E-state index contributed by atoms with van der Waals surface area (Å²) in [5.74, 6) is 0. The van der Waals surface area contributed by atoms with Gasteiger partial charge in [0.25, 0.3) is 5.56 Å². The lowest BCUT2D eigenvalue weighted by molar-refractivity contribution is 0.290. The van der Waals surface area contributed by atoms with Gasteiger partial charge in [0.2, 0.25) is 0 Å². The van der Waals surface area contributed by atoms with Crippen LogP contribution in [0.25, 0.3) is 16.5 Å². The number of fused-ring (bicyclic) bond motifs is 1. The number of aromatic nitrogens is 2. The van der Waals surface area contributed by atoms with Crippen molar-refractivity contribution in [3.05, 3.63) is 85.5 Å². The topological polar surface area (TPSA) is 58.1 Å². The molecule has 2 aromatic carbocycles. The molecule has 0 bridgehead atoms. The van der Waals surface area contributed by atoms with Crippen molar-refractivity contribution < 1.29 is 0 Å². The molecule has 0 fully saturated rings. The molecule has 0 atom stereocenters. The standard InChI is InChI=1S/C23H24ClN3O2/c1-16-3-8-20-21(15-16)25-23(29)27(22(20)28)12-2-11-26-13-9-18(10-14-26)17-4-6-19(24)7-5-17/h3-9,15H,2,10-14H2,1H3,(H,25,29). The SMILES string of the molecule is Cc1ccc2c(=O)n(CCCN3CC=C(c4ccc(Cl)cc4)CC3)c(=O)[nH]c2c1. The number of H-pyrrole nitrogens is 1. The highest BCUT2D eigenvalue weighted by molar-refractivity contribution is 6.30. The Hall–Kier alpha value is -2.63. The first-order chi connectivity index (χ1) is 14.0. The quantitative estimate of drug-likeness (QED) is 0.696. The highest BCUT2D eigenvalue weighted by Gasteiger charge is 2.13. The molecule has 0 saturated heterocycles. The van der Waals surface area contributed by atoms with Crippen LogP contribution in [-0.2, 0) is 6.54 Å². The van der Waals surface area contributed by atoms with Gasteiger partial charge in [-0.15, -0.1) is 0 Å². The third kappa shape index (κ3) is 4.36. The lowest BCUT2D eigenvalue weighted by atomic mass is 9.99. The molecule has 0 unspecified atom stereocenters. The maximum Gasteiger partial charge on any atom is 0.328 e. The minimum absolute atomic E-state index is 0.215. The van der Waals surface area contributed by atoms with Gasteiger partial charge in [0.15, 0.2) is 0 Å². The van der Waals surface area contributed by atoms with Gasteiger partial charge in [0, 0.05) is 31.2 Å².